The minimum absolute atomic E-state index is 0.233. The molecule has 0 heterocycles. The van der Waals surface area contributed by atoms with E-state index >= 15 is 0 Å². The molecule has 2 atom stereocenters. The Morgan fingerprint density at radius 3 is 2.06 bits per heavy atom. The number of hydrogen-bond acceptors (Lipinski definition) is 1. The zero-order valence-corrected chi connectivity index (χ0v) is 12.2. The van der Waals surface area contributed by atoms with Crippen molar-refractivity contribution < 1.29 is 5.11 Å². The smallest absolute Gasteiger partial charge is 0.0703 e. The van der Waals surface area contributed by atoms with E-state index in [1.807, 2.05) is 0 Å². The summed E-state index contributed by atoms with van der Waals surface area (Å²) in [6.07, 6.45) is 13.2. The van der Waals surface area contributed by atoms with Crippen molar-refractivity contribution in [2.75, 3.05) is 0 Å². The molecule has 0 amide bonds. The Labute approximate surface area is 108 Å². The fraction of sp³-hybridized carbons (Fsp3) is 1.00. The molecule has 1 fully saturated rings. The molecule has 0 aliphatic heterocycles. The van der Waals surface area contributed by atoms with Crippen LogP contribution in [0.15, 0.2) is 0 Å². The molecule has 17 heavy (non-hydrogen) atoms. The molecule has 1 rings (SSSR count). The minimum Gasteiger partial charge on any atom is -0.389 e. The second-order valence-electron chi connectivity index (χ2n) is 6.08. The summed E-state index contributed by atoms with van der Waals surface area (Å²) in [5.74, 6) is 0. The molecular formula is C16H32O. The van der Waals surface area contributed by atoms with Crippen LogP contribution in [0.4, 0.5) is 0 Å². The first-order chi connectivity index (χ1) is 8.14. The lowest BCUT2D eigenvalue weighted by Gasteiger charge is -2.51. The van der Waals surface area contributed by atoms with E-state index in [0.717, 1.165) is 19.3 Å². The predicted molar refractivity (Wildman–Crippen MR) is 75.2 cm³/mol. The molecule has 1 saturated carbocycles. The molecule has 1 N–H and O–H groups in total. The molecule has 0 aromatic heterocycles. The summed E-state index contributed by atoms with van der Waals surface area (Å²) >= 11 is 0. The van der Waals surface area contributed by atoms with E-state index in [4.69, 9.17) is 0 Å². The van der Waals surface area contributed by atoms with Gasteiger partial charge in [-0.15, -0.1) is 0 Å². The molecule has 1 nitrogen and oxygen atoms in total. The van der Waals surface area contributed by atoms with Crippen molar-refractivity contribution in [2.24, 2.45) is 5.41 Å². The zero-order chi connectivity index (χ0) is 12.8. The Morgan fingerprint density at radius 1 is 0.882 bits per heavy atom. The Morgan fingerprint density at radius 2 is 1.47 bits per heavy atom. The molecule has 1 aliphatic rings. The summed E-state index contributed by atoms with van der Waals surface area (Å²) < 4.78 is 0. The highest BCUT2D eigenvalue weighted by atomic mass is 16.3. The molecule has 1 aliphatic carbocycles. The number of unbranched alkanes of at least 4 members (excludes halogenated alkanes) is 2. The van der Waals surface area contributed by atoms with Crippen molar-refractivity contribution in [3.8, 4) is 0 Å². The molecule has 1 heteroatoms. The first-order valence-electron chi connectivity index (χ1n) is 7.86. The summed E-state index contributed by atoms with van der Waals surface area (Å²) in [6.45, 7) is 6.78. The molecule has 0 bridgehead atoms. The van der Waals surface area contributed by atoms with Crippen molar-refractivity contribution in [1.29, 1.82) is 0 Å². The normalized spacial score (nSPS) is 33.9. The lowest BCUT2D eigenvalue weighted by Crippen LogP contribution is -2.50. The fourth-order valence-corrected chi connectivity index (χ4v) is 3.79. The van der Waals surface area contributed by atoms with Gasteiger partial charge in [0.05, 0.1) is 5.60 Å². The maximum Gasteiger partial charge on any atom is 0.0703 e. The van der Waals surface area contributed by atoms with Crippen molar-refractivity contribution in [2.45, 2.75) is 97.0 Å². The van der Waals surface area contributed by atoms with Crippen LogP contribution in [0.5, 0.6) is 0 Å². The van der Waals surface area contributed by atoms with Crippen LogP contribution >= 0.6 is 0 Å². The minimum atomic E-state index is -0.356. The molecule has 0 aromatic carbocycles. The third-order valence-corrected chi connectivity index (χ3v) is 5.11. The fourth-order valence-electron chi connectivity index (χ4n) is 3.79. The van der Waals surface area contributed by atoms with Gasteiger partial charge >= 0.3 is 0 Å². The van der Waals surface area contributed by atoms with Gasteiger partial charge in [0.1, 0.15) is 0 Å². The van der Waals surface area contributed by atoms with Gasteiger partial charge in [-0.1, -0.05) is 59.3 Å². The van der Waals surface area contributed by atoms with E-state index in [1.54, 1.807) is 0 Å². The summed E-state index contributed by atoms with van der Waals surface area (Å²) in [5.41, 5.74) is -0.123. The number of aliphatic hydroxyl groups is 1. The molecular weight excluding hydrogens is 208 g/mol. The first-order valence-corrected chi connectivity index (χ1v) is 7.86. The summed E-state index contributed by atoms with van der Waals surface area (Å²) in [4.78, 5) is 0. The van der Waals surface area contributed by atoms with Crippen LogP contribution in [-0.2, 0) is 0 Å². The lowest BCUT2D eigenvalue weighted by molar-refractivity contribution is -0.129. The maximum atomic E-state index is 11.1. The highest BCUT2D eigenvalue weighted by Crippen LogP contribution is 2.52. The molecule has 0 spiro atoms. The number of rotatable bonds is 7. The summed E-state index contributed by atoms with van der Waals surface area (Å²) in [5, 5.41) is 11.1. The van der Waals surface area contributed by atoms with E-state index in [0.29, 0.717) is 0 Å². The van der Waals surface area contributed by atoms with Gasteiger partial charge in [-0.3, -0.25) is 0 Å². The molecule has 2 unspecified atom stereocenters. The predicted octanol–water partition coefficient (Wildman–Crippen LogP) is 5.07. The number of hydrogen-bond donors (Lipinski definition) is 1. The highest BCUT2D eigenvalue weighted by molar-refractivity contribution is 5.00. The molecule has 102 valence electrons. The van der Waals surface area contributed by atoms with E-state index in [-0.39, 0.29) is 11.0 Å². The topological polar surface area (TPSA) is 20.2 Å². The van der Waals surface area contributed by atoms with Crippen LogP contribution < -0.4 is 0 Å². The van der Waals surface area contributed by atoms with E-state index < -0.39 is 0 Å². The second-order valence-corrected chi connectivity index (χ2v) is 6.08. The molecule has 0 saturated heterocycles. The van der Waals surface area contributed by atoms with Gasteiger partial charge in [-0.05, 0) is 37.5 Å². The van der Waals surface area contributed by atoms with Gasteiger partial charge in [0.15, 0.2) is 0 Å². The van der Waals surface area contributed by atoms with Crippen LogP contribution in [0.25, 0.3) is 0 Å². The standard InChI is InChI=1S/C16H32O/c1-4-7-11-15(6-3)12-9-10-14-16(15,17)13-8-5-2/h17H,4-14H2,1-3H3. The van der Waals surface area contributed by atoms with Crippen molar-refractivity contribution in [3.05, 3.63) is 0 Å². The van der Waals surface area contributed by atoms with Gasteiger partial charge in [0, 0.05) is 0 Å². The quantitative estimate of drug-likeness (QED) is 0.659. The van der Waals surface area contributed by atoms with Crippen molar-refractivity contribution >= 4 is 0 Å². The van der Waals surface area contributed by atoms with E-state index in [2.05, 4.69) is 20.8 Å². The average Bonchev–Trinajstić information content (AvgIpc) is 2.36. The van der Waals surface area contributed by atoms with Gasteiger partial charge in [-0.25, -0.2) is 0 Å². The van der Waals surface area contributed by atoms with Crippen LogP contribution in [0, 0.1) is 5.41 Å². The second kappa shape index (κ2) is 6.78. The summed E-state index contributed by atoms with van der Waals surface area (Å²) in [6, 6.07) is 0. The first kappa shape index (κ1) is 15.0. The third-order valence-electron chi connectivity index (χ3n) is 5.11. The van der Waals surface area contributed by atoms with Crippen LogP contribution in [0.2, 0.25) is 0 Å². The SMILES string of the molecule is CCCCC1(O)CCCCC1(CC)CCCC. The molecule has 0 aromatic rings. The van der Waals surface area contributed by atoms with Crippen LogP contribution in [0.3, 0.4) is 0 Å². The van der Waals surface area contributed by atoms with E-state index in [9.17, 15) is 5.11 Å². The third kappa shape index (κ3) is 3.24. The maximum absolute atomic E-state index is 11.1. The van der Waals surface area contributed by atoms with Crippen molar-refractivity contribution in [1.82, 2.24) is 0 Å². The van der Waals surface area contributed by atoms with Crippen molar-refractivity contribution in [3.63, 3.8) is 0 Å². The largest absolute Gasteiger partial charge is 0.389 e. The van der Waals surface area contributed by atoms with Crippen LogP contribution in [0.1, 0.15) is 91.4 Å². The Hall–Kier alpha value is -0.0400. The van der Waals surface area contributed by atoms with Gasteiger partial charge in [0.2, 0.25) is 0 Å². The van der Waals surface area contributed by atoms with E-state index in [1.165, 1.54) is 51.4 Å². The zero-order valence-electron chi connectivity index (χ0n) is 12.2. The summed E-state index contributed by atoms with van der Waals surface area (Å²) in [7, 11) is 0. The van der Waals surface area contributed by atoms with Gasteiger partial charge < -0.3 is 5.11 Å². The monoisotopic (exact) mass is 240 g/mol. The van der Waals surface area contributed by atoms with Gasteiger partial charge in [-0.2, -0.15) is 0 Å². The van der Waals surface area contributed by atoms with Gasteiger partial charge in [0.25, 0.3) is 0 Å². The Balaban J connectivity index is 2.79. The molecule has 0 radical (unpaired) electrons. The lowest BCUT2D eigenvalue weighted by atomic mass is 9.58. The van der Waals surface area contributed by atoms with Crippen LogP contribution in [-0.4, -0.2) is 10.7 Å². The highest BCUT2D eigenvalue weighted by Gasteiger charge is 2.48. The average molecular weight is 240 g/mol. The Bertz CT molecular complexity index is 214. The Kier molecular flexibility index (Phi) is 5.99.